The Morgan fingerprint density at radius 2 is 1.75 bits per heavy atom. The number of carbonyl (C=O) groups is 4. The fourth-order valence-electron chi connectivity index (χ4n) is 1.81. The number of urea groups is 1. The van der Waals surface area contributed by atoms with Gasteiger partial charge in [0.15, 0.2) is 6.61 Å². The monoisotopic (exact) mass is 405 g/mol. The molecule has 0 saturated carbocycles. The minimum atomic E-state index is -4.62. The van der Waals surface area contributed by atoms with Crippen LogP contribution in [0.3, 0.4) is 0 Å². The van der Waals surface area contributed by atoms with Gasteiger partial charge in [-0.15, -0.1) is 0 Å². The number of rotatable bonds is 8. The number of halogens is 3. The normalized spacial score (nSPS) is 10.6. The molecule has 1 rings (SSSR count). The van der Waals surface area contributed by atoms with Crippen molar-refractivity contribution in [1.82, 2.24) is 16.0 Å². The predicted octanol–water partition coefficient (Wildman–Crippen LogP) is 0.746. The van der Waals surface area contributed by atoms with Crippen LogP contribution in [0.25, 0.3) is 0 Å². The van der Waals surface area contributed by atoms with Crippen molar-refractivity contribution in [2.45, 2.75) is 12.6 Å². The molecule has 0 aromatic heterocycles. The quantitative estimate of drug-likeness (QED) is 0.549. The second kappa shape index (κ2) is 10.7. The molecule has 12 heteroatoms. The summed E-state index contributed by atoms with van der Waals surface area (Å²) in [5.41, 5.74) is 0.266. The highest BCUT2D eigenvalue weighted by atomic mass is 19.4. The lowest BCUT2D eigenvalue weighted by atomic mass is 10.2. The third kappa shape index (κ3) is 8.87. The van der Waals surface area contributed by atoms with E-state index in [2.05, 4.69) is 10.1 Å². The van der Waals surface area contributed by atoms with E-state index < -0.39 is 43.1 Å². The molecule has 0 aliphatic heterocycles. The summed E-state index contributed by atoms with van der Waals surface area (Å²) in [6.07, 6.45) is -4.89. The Hall–Kier alpha value is -3.31. The van der Waals surface area contributed by atoms with E-state index in [4.69, 9.17) is 4.74 Å². The summed E-state index contributed by atoms with van der Waals surface area (Å²) in [5.74, 6) is -2.09. The number of esters is 1. The van der Waals surface area contributed by atoms with Crippen molar-refractivity contribution in [1.29, 1.82) is 0 Å². The van der Waals surface area contributed by atoms with Crippen molar-refractivity contribution in [3.63, 3.8) is 0 Å². The van der Waals surface area contributed by atoms with Gasteiger partial charge in [0, 0.05) is 6.54 Å². The first-order valence-electron chi connectivity index (χ1n) is 7.83. The molecule has 4 amide bonds. The van der Waals surface area contributed by atoms with Crippen molar-refractivity contribution >= 4 is 23.8 Å². The molecule has 28 heavy (non-hydrogen) atoms. The standard InChI is InChI=1S/C16H18F3N3O6/c1-27-11-5-3-2-4-10(11)14(25)20-7-6-13(24)28-8-12(23)22-15(26)21-9-16(17,18)19/h2-5H,6-9H2,1H3,(H,20,25)(H2,21,22,23,26). The SMILES string of the molecule is COc1ccccc1C(=O)NCCC(=O)OCC(=O)NC(=O)NCC(F)(F)F. The van der Waals surface area contributed by atoms with Gasteiger partial charge in [-0.05, 0) is 12.1 Å². The van der Waals surface area contributed by atoms with E-state index in [-0.39, 0.29) is 18.5 Å². The Kier molecular flexibility index (Phi) is 8.72. The minimum absolute atomic E-state index is 0.0938. The van der Waals surface area contributed by atoms with E-state index in [9.17, 15) is 32.3 Å². The van der Waals surface area contributed by atoms with Gasteiger partial charge in [0.2, 0.25) is 0 Å². The zero-order valence-electron chi connectivity index (χ0n) is 14.7. The van der Waals surface area contributed by atoms with Crippen molar-refractivity contribution in [2.75, 3.05) is 26.8 Å². The number of carbonyl (C=O) groups excluding carboxylic acids is 4. The Morgan fingerprint density at radius 3 is 2.39 bits per heavy atom. The highest BCUT2D eigenvalue weighted by molar-refractivity contribution is 5.97. The van der Waals surface area contributed by atoms with Gasteiger partial charge in [-0.25, -0.2) is 4.79 Å². The number of alkyl halides is 3. The van der Waals surface area contributed by atoms with Gasteiger partial charge >= 0.3 is 18.2 Å². The molecule has 3 N–H and O–H groups in total. The number of hydrogen-bond donors (Lipinski definition) is 3. The van der Waals surface area contributed by atoms with Crippen LogP contribution in [0, 0.1) is 0 Å². The van der Waals surface area contributed by atoms with Crippen LogP contribution in [0.1, 0.15) is 16.8 Å². The lowest BCUT2D eigenvalue weighted by Crippen LogP contribution is -2.44. The van der Waals surface area contributed by atoms with E-state index in [1.807, 2.05) is 0 Å². The molecule has 0 radical (unpaired) electrons. The van der Waals surface area contributed by atoms with Gasteiger partial charge in [0.05, 0.1) is 19.1 Å². The molecule has 0 unspecified atom stereocenters. The molecule has 154 valence electrons. The first kappa shape index (κ1) is 22.7. The second-order valence-corrected chi connectivity index (χ2v) is 5.21. The number of benzene rings is 1. The summed E-state index contributed by atoms with van der Waals surface area (Å²) in [6, 6.07) is 5.06. The third-order valence-corrected chi connectivity index (χ3v) is 3.03. The Morgan fingerprint density at radius 1 is 1.07 bits per heavy atom. The number of amides is 4. The van der Waals surface area contributed by atoms with Crippen LogP contribution in [0.2, 0.25) is 0 Å². The molecule has 1 aromatic rings. The molecule has 0 saturated heterocycles. The van der Waals surface area contributed by atoms with Crippen LogP contribution >= 0.6 is 0 Å². The number of para-hydroxylation sites is 1. The average Bonchev–Trinajstić information content (AvgIpc) is 2.64. The van der Waals surface area contributed by atoms with Crippen LogP contribution in [-0.4, -0.2) is 56.8 Å². The van der Waals surface area contributed by atoms with E-state index in [0.717, 1.165) is 0 Å². The summed E-state index contributed by atoms with van der Waals surface area (Å²) < 4.78 is 45.3. The van der Waals surface area contributed by atoms with E-state index >= 15 is 0 Å². The maximum Gasteiger partial charge on any atom is 0.405 e. The van der Waals surface area contributed by atoms with Gasteiger partial charge in [0.25, 0.3) is 11.8 Å². The first-order valence-corrected chi connectivity index (χ1v) is 7.83. The maximum absolute atomic E-state index is 12.0. The number of imide groups is 1. The zero-order chi connectivity index (χ0) is 21.2. The van der Waals surface area contributed by atoms with E-state index in [1.165, 1.54) is 18.5 Å². The first-order chi connectivity index (χ1) is 13.1. The molecule has 0 aliphatic carbocycles. The fourth-order valence-corrected chi connectivity index (χ4v) is 1.81. The molecule has 1 aromatic carbocycles. The maximum atomic E-state index is 12.0. The van der Waals surface area contributed by atoms with Crippen LogP contribution in [0.5, 0.6) is 5.75 Å². The summed E-state index contributed by atoms with van der Waals surface area (Å²) in [4.78, 5) is 45.8. The van der Waals surface area contributed by atoms with E-state index in [0.29, 0.717) is 5.75 Å². The minimum Gasteiger partial charge on any atom is -0.496 e. The van der Waals surface area contributed by atoms with Crippen LogP contribution in [0.4, 0.5) is 18.0 Å². The Balaban J connectivity index is 2.27. The van der Waals surface area contributed by atoms with Crippen LogP contribution in [0.15, 0.2) is 24.3 Å². The van der Waals surface area contributed by atoms with Crippen molar-refractivity contribution < 1.29 is 41.8 Å². The fraction of sp³-hybridized carbons (Fsp3) is 0.375. The number of ether oxygens (including phenoxy) is 2. The third-order valence-electron chi connectivity index (χ3n) is 3.03. The molecule has 9 nitrogen and oxygen atoms in total. The molecule has 0 atom stereocenters. The topological polar surface area (TPSA) is 123 Å². The highest BCUT2D eigenvalue weighted by Crippen LogP contribution is 2.16. The lowest BCUT2D eigenvalue weighted by molar-refractivity contribution is -0.148. The molecule has 0 heterocycles. The summed E-state index contributed by atoms with van der Waals surface area (Å²) in [5, 5.41) is 5.45. The molecule has 0 bridgehead atoms. The summed E-state index contributed by atoms with van der Waals surface area (Å²) >= 11 is 0. The molecule has 0 fully saturated rings. The number of methoxy groups -OCH3 is 1. The molecular weight excluding hydrogens is 387 g/mol. The van der Waals surface area contributed by atoms with Gasteiger partial charge < -0.3 is 20.1 Å². The summed E-state index contributed by atoms with van der Waals surface area (Å²) in [6.45, 7) is -2.57. The summed E-state index contributed by atoms with van der Waals surface area (Å²) in [7, 11) is 1.40. The largest absolute Gasteiger partial charge is 0.496 e. The van der Waals surface area contributed by atoms with Crippen molar-refractivity contribution in [3.05, 3.63) is 29.8 Å². The molecule has 0 aliphatic rings. The van der Waals surface area contributed by atoms with E-state index in [1.54, 1.807) is 23.5 Å². The molecule has 0 spiro atoms. The van der Waals surface area contributed by atoms with Gasteiger partial charge in [0.1, 0.15) is 12.3 Å². The second-order valence-electron chi connectivity index (χ2n) is 5.21. The van der Waals surface area contributed by atoms with Gasteiger partial charge in [-0.1, -0.05) is 12.1 Å². The lowest BCUT2D eigenvalue weighted by Gasteiger charge is -2.10. The van der Waals surface area contributed by atoms with Crippen LogP contribution < -0.4 is 20.7 Å². The zero-order valence-corrected chi connectivity index (χ0v) is 14.7. The Bertz CT molecular complexity index is 724. The average molecular weight is 405 g/mol. The smallest absolute Gasteiger partial charge is 0.405 e. The predicted molar refractivity (Wildman–Crippen MR) is 88.5 cm³/mol. The van der Waals surface area contributed by atoms with Gasteiger partial charge in [-0.2, -0.15) is 13.2 Å². The highest BCUT2D eigenvalue weighted by Gasteiger charge is 2.28. The van der Waals surface area contributed by atoms with Crippen molar-refractivity contribution in [3.8, 4) is 5.75 Å². The Labute approximate surface area is 157 Å². The number of nitrogens with one attached hydrogen (secondary N) is 3. The van der Waals surface area contributed by atoms with Crippen molar-refractivity contribution in [2.24, 2.45) is 0 Å². The van der Waals surface area contributed by atoms with Gasteiger partial charge in [-0.3, -0.25) is 19.7 Å². The van der Waals surface area contributed by atoms with Crippen LogP contribution in [-0.2, 0) is 14.3 Å². The number of hydrogen-bond acceptors (Lipinski definition) is 6. The molecular formula is C16H18F3N3O6.